The summed E-state index contributed by atoms with van der Waals surface area (Å²) in [5.74, 6) is 0.00218. The van der Waals surface area contributed by atoms with Crippen LogP contribution in [0, 0.1) is 0 Å². The van der Waals surface area contributed by atoms with Gasteiger partial charge in [0, 0.05) is 6.54 Å². The van der Waals surface area contributed by atoms with Crippen LogP contribution >= 0.6 is 0 Å². The molecule has 0 aromatic carbocycles. The van der Waals surface area contributed by atoms with Crippen molar-refractivity contribution in [2.45, 2.75) is 26.2 Å². The van der Waals surface area contributed by atoms with Crippen molar-refractivity contribution in [3.8, 4) is 0 Å². The number of nitrogens with one attached hydrogen (secondary N) is 1. The molecule has 0 aliphatic heterocycles. The molecule has 0 spiro atoms. The van der Waals surface area contributed by atoms with Gasteiger partial charge in [-0.3, -0.25) is 4.79 Å². The van der Waals surface area contributed by atoms with Crippen molar-refractivity contribution in [3.05, 3.63) is 18.4 Å². The van der Waals surface area contributed by atoms with E-state index in [4.69, 9.17) is 4.42 Å². The largest absolute Gasteiger partial charge is 0.451 e. The molecule has 0 fully saturated rings. The molecular formula is C9H14N2O2. The van der Waals surface area contributed by atoms with Crippen LogP contribution in [-0.4, -0.2) is 17.4 Å². The van der Waals surface area contributed by atoms with Crippen LogP contribution in [-0.2, 0) is 11.2 Å². The molecule has 1 amide bonds. The second kappa shape index (κ2) is 5.35. The summed E-state index contributed by atoms with van der Waals surface area (Å²) in [5, 5.41) is 2.80. The molecule has 4 heteroatoms. The Kier molecular flexibility index (Phi) is 4.02. The third-order valence-electron chi connectivity index (χ3n) is 1.68. The van der Waals surface area contributed by atoms with Gasteiger partial charge in [-0.25, -0.2) is 4.98 Å². The van der Waals surface area contributed by atoms with Gasteiger partial charge in [-0.15, -0.1) is 0 Å². The number of oxazole rings is 1. The van der Waals surface area contributed by atoms with Crippen molar-refractivity contribution < 1.29 is 9.21 Å². The van der Waals surface area contributed by atoms with Crippen molar-refractivity contribution in [2.24, 2.45) is 0 Å². The van der Waals surface area contributed by atoms with E-state index in [2.05, 4.69) is 17.2 Å². The van der Waals surface area contributed by atoms with Gasteiger partial charge >= 0.3 is 0 Å². The maximum Gasteiger partial charge on any atom is 0.226 e. The zero-order valence-electron chi connectivity index (χ0n) is 7.75. The number of rotatable bonds is 5. The summed E-state index contributed by atoms with van der Waals surface area (Å²) in [6.07, 6.45) is 5.23. The molecule has 1 N–H and O–H groups in total. The lowest BCUT2D eigenvalue weighted by atomic mass is 10.3. The summed E-state index contributed by atoms with van der Waals surface area (Å²) in [6, 6.07) is 0. The number of hydrogen-bond donors (Lipinski definition) is 1. The molecule has 1 aromatic heterocycles. The minimum atomic E-state index is 0.00218. The van der Waals surface area contributed by atoms with Crippen LogP contribution in [0.1, 0.15) is 25.5 Å². The summed E-state index contributed by atoms with van der Waals surface area (Å²) in [4.78, 5) is 15.0. The van der Waals surface area contributed by atoms with E-state index >= 15 is 0 Å². The average Bonchev–Trinajstić information content (AvgIpc) is 2.57. The van der Waals surface area contributed by atoms with Crippen LogP contribution in [0.25, 0.3) is 0 Å². The number of carbonyl (C=O) groups is 1. The summed E-state index contributed by atoms with van der Waals surface area (Å²) in [7, 11) is 0. The Morgan fingerprint density at radius 1 is 1.69 bits per heavy atom. The highest BCUT2D eigenvalue weighted by atomic mass is 16.3. The van der Waals surface area contributed by atoms with Gasteiger partial charge in [0.2, 0.25) is 5.91 Å². The monoisotopic (exact) mass is 182 g/mol. The number of unbranched alkanes of at least 4 members (excludes halogenated alkanes) is 1. The van der Waals surface area contributed by atoms with Crippen LogP contribution in [0.4, 0.5) is 0 Å². The van der Waals surface area contributed by atoms with Crippen molar-refractivity contribution in [3.63, 3.8) is 0 Å². The highest BCUT2D eigenvalue weighted by Gasteiger charge is 2.03. The first kappa shape index (κ1) is 9.77. The maximum atomic E-state index is 11.2. The van der Waals surface area contributed by atoms with Gasteiger partial charge in [0.25, 0.3) is 0 Å². The zero-order chi connectivity index (χ0) is 9.52. The number of aromatic nitrogens is 1. The van der Waals surface area contributed by atoms with Gasteiger partial charge in [0.1, 0.15) is 6.26 Å². The van der Waals surface area contributed by atoms with E-state index in [1.54, 1.807) is 0 Å². The van der Waals surface area contributed by atoms with Crippen LogP contribution in [0.5, 0.6) is 0 Å². The highest BCUT2D eigenvalue weighted by Crippen LogP contribution is 1.95. The molecule has 0 bridgehead atoms. The van der Waals surface area contributed by atoms with E-state index in [1.165, 1.54) is 12.7 Å². The smallest absolute Gasteiger partial charge is 0.226 e. The molecule has 1 heterocycles. The summed E-state index contributed by atoms with van der Waals surface area (Å²) < 4.78 is 4.75. The van der Waals surface area contributed by atoms with Crippen LogP contribution in [0.15, 0.2) is 17.1 Å². The third kappa shape index (κ3) is 3.73. The fraction of sp³-hybridized carbons (Fsp3) is 0.556. The van der Waals surface area contributed by atoms with E-state index in [9.17, 15) is 4.79 Å². The minimum absolute atomic E-state index is 0.00218. The lowest BCUT2D eigenvalue weighted by Crippen LogP contribution is -2.26. The van der Waals surface area contributed by atoms with Crippen LogP contribution in [0.2, 0.25) is 0 Å². The van der Waals surface area contributed by atoms with Gasteiger partial charge in [-0.05, 0) is 6.42 Å². The van der Waals surface area contributed by atoms with Gasteiger partial charge in [0.05, 0.1) is 12.1 Å². The number of nitrogens with zero attached hydrogens (tertiary/aromatic N) is 1. The molecule has 0 saturated carbocycles. The minimum Gasteiger partial charge on any atom is -0.451 e. The Morgan fingerprint density at radius 3 is 3.15 bits per heavy atom. The standard InChI is InChI=1S/C9H14N2O2/c1-2-3-4-10-9(12)5-8-6-13-7-11-8/h6-7H,2-5H2,1H3,(H,10,12). The summed E-state index contributed by atoms with van der Waals surface area (Å²) >= 11 is 0. The predicted molar refractivity (Wildman–Crippen MR) is 48.1 cm³/mol. The first-order chi connectivity index (χ1) is 6.33. The Balaban J connectivity index is 2.18. The maximum absolute atomic E-state index is 11.2. The molecular weight excluding hydrogens is 168 g/mol. The van der Waals surface area contributed by atoms with E-state index in [-0.39, 0.29) is 5.91 Å². The molecule has 1 aromatic rings. The molecule has 72 valence electrons. The lowest BCUT2D eigenvalue weighted by molar-refractivity contribution is -0.120. The Labute approximate surface area is 77.3 Å². The van der Waals surface area contributed by atoms with Crippen molar-refractivity contribution >= 4 is 5.91 Å². The first-order valence-electron chi connectivity index (χ1n) is 4.46. The lowest BCUT2D eigenvalue weighted by Gasteiger charge is -2.01. The van der Waals surface area contributed by atoms with E-state index in [1.807, 2.05) is 0 Å². The van der Waals surface area contributed by atoms with Crippen LogP contribution in [0.3, 0.4) is 0 Å². The quantitative estimate of drug-likeness (QED) is 0.694. The average molecular weight is 182 g/mol. The van der Waals surface area contributed by atoms with Crippen molar-refractivity contribution in [1.82, 2.24) is 10.3 Å². The molecule has 0 aliphatic carbocycles. The van der Waals surface area contributed by atoms with Gasteiger partial charge < -0.3 is 9.73 Å². The number of hydrogen-bond acceptors (Lipinski definition) is 3. The molecule has 0 atom stereocenters. The highest BCUT2D eigenvalue weighted by molar-refractivity contribution is 5.77. The first-order valence-corrected chi connectivity index (χ1v) is 4.46. The normalized spacial score (nSPS) is 9.92. The molecule has 4 nitrogen and oxygen atoms in total. The molecule has 13 heavy (non-hydrogen) atoms. The Hall–Kier alpha value is -1.32. The van der Waals surface area contributed by atoms with E-state index in [0.29, 0.717) is 12.1 Å². The topological polar surface area (TPSA) is 55.1 Å². The van der Waals surface area contributed by atoms with Crippen molar-refractivity contribution in [1.29, 1.82) is 0 Å². The number of carbonyl (C=O) groups excluding carboxylic acids is 1. The van der Waals surface area contributed by atoms with Crippen LogP contribution < -0.4 is 5.32 Å². The SMILES string of the molecule is CCCCNC(=O)Cc1cocn1. The molecule has 0 unspecified atom stereocenters. The third-order valence-corrected chi connectivity index (χ3v) is 1.68. The predicted octanol–water partition coefficient (Wildman–Crippen LogP) is 1.13. The Bertz CT molecular complexity index is 244. The molecule has 0 aliphatic rings. The molecule has 0 saturated heterocycles. The van der Waals surface area contributed by atoms with Gasteiger partial charge in [0.15, 0.2) is 6.39 Å². The molecule has 1 rings (SSSR count). The van der Waals surface area contributed by atoms with E-state index < -0.39 is 0 Å². The fourth-order valence-corrected chi connectivity index (χ4v) is 0.956. The summed E-state index contributed by atoms with van der Waals surface area (Å²) in [6.45, 7) is 2.83. The van der Waals surface area contributed by atoms with E-state index in [0.717, 1.165) is 19.4 Å². The second-order valence-corrected chi connectivity index (χ2v) is 2.86. The van der Waals surface area contributed by atoms with Gasteiger partial charge in [-0.1, -0.05) is 13.3 Å². The Morgan fingerprint density at radius 2 is 2.54 bits per heavy atom. The fourth-order valence-electron chi connectivity index (χ4n) is 0.956. The second-order valence-electron chi connectivity index (χ2n) is 2.86. The zero-order valence-corrected chi connectivity index (χ0v) is 7.75. The van der Waals surface area contributed by atoms with Gasteiger partial charge in [-0.2, -0.15) is 0 Å². The molecule has 0 radical (unpaired) electrons. The summed E-state index contributed by atoms with van der Waals surface area (Å²) in [5.41, 5.74) is 0.675. The number of amides is 1. The van der Waals surface area contributed by atoms with Crippen molar-refractivity contribution in [2.75, 3.05) is 6.54 Å².